The summed E-state index contributed by atoms with van der Waals surface area (Å²) in [5.41, 5.74) is 4.88. The summed E-state index contributed by atoms with van der Waals surface area (Å²) < 4.78 is 18.1. The van der Waals surface area contributed by atoms with Crippen LogP contribution in [0.5, 0.6) is 5.75 Å². The minimum Gasteiger partial charge on any atom is -0.496 e. The van der Waals surface area contributed by atoms with Crippen LogP contribution in [0.25, 0.3) is 10.9 Å². The first kappa shape index (κ1) is 24.8. The second-order valence-corrected chi connectivity index (χ2v) is 10.0. The lowest BCUT2D eigenvalue weighted by atomic mass is 9.91. The Morgan fingerprint density at radius 2 is 2.03 bits per heavy atom. The molecule has 5 rings (SSSR count). The Kier molecular flexibility index (Phi) is 7.60. The van der Waals surface area contributed by atoms with E-state index in [0.29, 0.717) is 12.2 Å². The molecule has 7 heteroatoms. The quantitative estimate of drug-likeness (QED) is 0.434. The highest BCUT2D eigenvalue weighted by Crippen LogP contribution is 2.38. The summed E-state index contributed by atoms with van der Waals surface area (Å²) >= 11 is 0. The molecule has 1 unspecified atom stereocenters. The Balaban J connectivity index is 1.39. The minimum atomic E-state index is -0.907. The van der Waals surface area contributed by atoms with Crippen LogP contribution in [0.1, 0.15) is 65.2 Å². The van der Waals surface area contributed by atoms with E-state index in [1.54, 1.807) is 19.2 Å². The topological polar surface area (TPSA) is 84.0 Å². The first-order chi connectivity index (χ1) is 17.5. The van der Waals surface area contributed by atoms with E-state index in [1.807, 2.05) is 18.3 Å². The molecule has 2 N–H and O–H groups in total. The monoisotopic (exact) mass is 492 g/mol. The van der Waals surface area contributed by atoms with Gasteiger partial charge in [0.1, 0.15) is 5.75 Å². The fourth-order valence-corrected chi connectivity index (χ4v) is 5.68. The van der Waals surface area contributed by atoms with E-state index in [4.69, 9.17) is 14.2 Å². The van der Waals surface area contributed by atoms with E-state index < -0.39 is 5.97 Å². The first-order valence-electron chi connectivity index (χ1n) is 13.0. The van der Waals surface area contributed by atoms with Gasteiger partial charge in [-0.1, -0.05) is 12.1 Å². The second kappa shape index (κ2) is 11.0. The molecule has 2 aromatic carbocycles. The zero-order valence-electron chi connectivity index (χ0n) is 21.2. The molecule has 2 fully saturated rings. The van der Waals surface area contributed by atoms with E-state index in [-0.39, 0.29) is 18.2 Å². The number of carbonyl (C=O) groups is 1. The van der Waals surface area contributed by atoms with Gasteiger partial charge in [0.05, 0.1) is 31.5 Å². The molecule has 1 aromatic heterocycles. The van der Waals surface area contributed by atoms with E-state index in [9.17, 15) is 9.90 Å². The van der Waals surface area contributed by atoms with Crippen LogP contribution < -0.4 is 4.74 Å². The molecule has 0 amide bonds. The smallest absolute Gasteiger partial charge is 0.335 e. The maximum absolute atomic E-state index is 11.4. The lowest BCUT2D eigenvalue weighted by molar-refractivity contribution is -0.0834. The van der Waals surface area contributed by atoms with Gasteiger partial charge in [-0.15, -0.1) is 0 Å². The third kappa shape index (κ3) is 5.28. The number of rotatable bonds is 8. The van der Waals surface area contributed by atoms with Crippen molar-refractivity contribution in [1.29, 1.82) is 0 Å². The predicted octanol–water partition coefficient (Wildman–Crippen LogP) is 5.47. The molecular weight excluding hydrogens is 456 g/mol. The number of nitrogens with one attached hydrogen (secondary N) is 1. The summed E-state index contributed by atoms with van der Waals surface area (Å²) in [5.74, 6) is -0.0117. The number of hydrogen-bond donors (Lipinski definition) is 2. The van der Waals surface area contributed by atoms with Crippen molar-refractivity contribution >= 4 is 16.9 Å². The number of aromatic carboxylic acids is 1. The van der Waals surface area contributed by atoms with Crippen molar-refractivity contribution in [2.24, 2.45) is 0 Å². The molecular formula is C29H36N2O5. The van der Waals surface area contributed by atoms with Gasteiger partial charge in [-0.25, -0.2) is 4.79 Å². The van der Waals surface area contributed by atoms with Crippen LogP contribution in [-0.2, 0) is 16.0 Å². The highest BCUT2D eigenvalue weighted by molar-refractivity contribution is 5.88. The molecule has 3 atom stereocenters. The molecule has 2 aliphatic rings. The van der Waals surface area contributed by atoms with Gasteiger partial charge >= 0.3 is 5.97 Å². The molecule has 0 spiro atoms. The maximum Gasteiger partial charge on any atom is 0.335 e. The van der Waals surface area contributed by atoms with E-state index in [2.05, 4.69) is 28.9 Å². The number of carboxylic acid groups (broad SMARTS) is 1. The first-order valence-corrected chi connectivity index (χ1v) is 13.0. The highest BCUT2D eigenvalue weighted by atomic mass is 16.5. The van der Waals surface area contributed by atoms with Gasteiger partial charge in [0, 0.05) is 48.4 Å². The van der Waals surface area contributed by atoms with Gasteiger partial charge in [0.2, 0.25) is 0 Å². The standard InChI is InChI=1S/C29H36N2O5/c1-19-15-27(34-2)25(24-10-12-30-28(19)24)17-31-13-11-22(36-18-23-5-3-4-14-35-23)16-26(31)20-6-8-21(9-7-20)29(32)33/h6-10,12,15,22-23,26,30H,3-5,11,13-14,16-18H2,1-2H3,(H,32,33)/t22-,23?,26-/m1/s1. The number of piperidine rings is 1. The fraction of sp³-hybridized carbons (Fsp3) is 0.483. The normalized spacial score (nSPS) is 23.1. The molecule has 0 radical (unpaired) electrons. The zero-order chi connectivity index (χ0) is 25.1. The Morgan fingerprint density at radius 1 is 1.19 bits per heavy atom. The second-order valence-electron chi connectivity index (χ2n) is 10.0. The Morgan fingerprint density at radius 3 is 2.75 bits per heavy atom. The highest BCUT2D eigenvalue weighted by Gasteiger charge is 2.32. The van der Waals surface area contributed by atoms with Crippen LogP contribution in [0.15, 0.2) is 42.6 Å². The summed E-state index contributed by atoms with van der Waals surface area (Å²) in [6, 6.07) is 11.6. The van der Waals surface area contributed by atoms with Crippen molar-refractivity contribution in [3.63, 3.8) is 0 Å². The van der Waals surface area contributed by atoms with Gasteiger partial charge < -0.3 is 24.3 Å². The Hall–Kier alpha value is -2.87. The van der Waals surface area contributed by atoms with Crippen LogP contribution in [-0.4, -0.2) is 60.0 Å². The number of fused-ring (bicyclic) bond motifs is 1. The number of ether oxygens (including phenoxy) is 3. The molecule has 0 bridgehead atoms. The molecule has 3 heterocycles. The number of aromatic amines is 1. The number of likely N-dealkylation sites (tertiary alicyclic amines) is 1. The van der Waals surface area contributed by atoms with Crippen molar-refractivity contribution in [3.8, 4) is 5.75 Å². The molecule has 3 aromatic rings. The molecule has 2 aliphatic heterocycles. The molecule has 0 saturated carbocycles. The number of aromatic nitrogens is 1. The SMILES string of the molecule is COc1cc(C)c2[nH]ccc2c1CN1CC[C@@H](OCC2CCCCO2)C[C@@H]1c1ccc(C(=O)O)cc1. The summed E-state index contributed by atoms with van der Waals surface area (Å²) in [6.07, 6.45) is 7.53. The van der Waals surface area contributed by atoms with Crippen molar-refractivity contribution in [2.45, 2.75) is 63.8 Å². The fourth-order valence-electron chi connectivity index (χ4n) is 5.68. The summed E-state index contributed by atoms with van der Waals surface area (Å²) in [6.45, 7) is 5.19. The van der Waals surface area contributed by atoms with E-state index in [1.165, 1.54) is 17.4 Å². The van der Waals surface area contributed by atoms with Crippen LogP contribution in [0.3, 0.4) is 0 Å². The third-order valence-electron chi connectivity index (χ3n) is 7.69. The lowest BCUT2D eigenvalue weighted by Gasteiger charge is -2.40. The number of hydrogen-bond acceptors (Lipinski definition) is 5. The predicted molar refractivity (Wildman–Crippen MR) is 139 cm³/mol. The van der Waals surface area contributed by atoms with Gasteiger partial charge in [-0.05, 0) is 74.4 Å². The van der Waals surface area contributed by atoms with Crippen molar-refractivity contribution in [3.05, 3.63) is 64.8 Å². The van der Waals surface area contributed by atoms with Crippen LogP contribution in [0, 0.1) is 6.92 Å². The molecule has 7 nitrogen and oxygen atoms in total. The zero-order valence-corrected chi connectivity index (χ0v) is 21.2. The largest absolute Gasteiger partial charge is 0.496 e. The number of H-pyrrole nitrogens is 1. The number of benzene rings is 2. The van der Waals surface area contributed by atoms with Crippen LogP contribution >= 0.6 is 0 Å². The van der Waals surface area contributed by atoms with Crippen LogP contribution in [0.2, 0.25) is 0 Å². The summed E-state index contributed by atoms with van der Waals surface area (Å²) in [5, 5.41) is 10.6. The summed E-state index contributed by atoms with van der Waals surface area (Å²) in [4.78, 5) is 17.3. The van der Waals surface area contributed by atoms with Crippen LogP contribution in [0.4, 0.5) is 0 Å². The number of carboxylic acids is 1. The minimum absolute atomic E-state index is 0.110. The number of nitrogens with zero attached hydrogens (tertiary/aromatic N) is 1. The third-order valence-corrected chi connectivity index (χ3v) is 7.69. The van der Waals surface area contributed by atoms with Crippen molar-refractivity contribution < 1.29 is 24.1 Å². The maximum atomic E-state index is 11.4. The lowest BCUT2D eigenvalue weighted by Crippen LogP contribution is -2.40. The van der Waals surface area contributed by atoms with Gasteiger partial charge in [0.15, 0.2) is 0 Å². The van der Waals surface area contributed by atoms with Crippen molar-refractivity contribution in [2.75, 3.05) is 26.9 Å². The molecule has 2 saturated heterocycles. The average molecular weight is 493 g/mol. The number of aryl methyl sites for hydroxylation is 1. The molecule has 192 valence electrons. The van der Waals surface area contributed by atoms with Gasteiger partial charge in [-0.2, -0.15) is 0 Å². The number of methoxy groups -OCH3 is 1. The summed E-state index contributed by atoms with van der Waals surface area (Å²) in [7, 11) is 1.73. The van der Waals surface area contributed by atoms with Gasteiger partial charge in [0.25, 0.3) is 0 Å². The van der Waals surface area contributed by atoms with E-state index in [0.717, 1.165) is 67.8 Å². The Bertz CT molecular complexity index is 1180. The van der Waals surface area contributed by atoms with Crippen molar-refractivity contribution in [1.82, 2.24) is 9.88 Å². The average Bonchev–Trinajstić information content (AvgIpc) is 3.41. The van der Waals surface area contributed by atoms with E-state index >= 15 is 0 Å². The molecule has 0 aliphatic carbocycles. The molecule has 36 heavy (non-hydrogen) atoms. The Labute approximate surface area is 212 Å². The van der Waals surface area contributed by atoms with Gasteiger partial charge in [-0.3, -0.25) is 4.90 Å².